The highest BCUT2D eigenvalue weighted by Crippen LogP contribution is 2.26. The Morgan fingerprint density at radius 2 is 1.92 bits per heavy atom. The van der Waals surface area contributed by atoms with Crippen molar-refractivity contribution in [1.82, 2.24) is 4.90 Å². The van der Waals surface area contributed by atoms with E-state index >= 15 is 0 Å². The Balaban J connectivity index is 2.10. The van der Waals surface area contributed by atoms with Crippen LogP contribution in [0.25, 0.3) is 0 Å². The van der Waals surface area contributed by atoms with E-state index in [0.717, 1.165) is 17.0 Å². The molecule has 132 valence electrons. The van der Waals surface area contributed by atoms with E-state index < -0.39 is 41.4 Å². The van der Waals surface area contributed by atoms with E-state index in [-0.39, 0.29) is 18.7 Å². The fourth-order valence-electron chi connectivity index (χ4n) is 2.38. The number of amides is 1. The van der Waals surface area contributed by atoms with E-state index in [1.165, 1.54) is 6.07 Å². The van der Waals surface area contributed by atoms with Crippen molar-refractivity contribution in [3.05, 3.63) is 29.8 Å². The number of halogens is 2. The number of carboxylic acid groups (broad SMARTS) is 1. The molecule has 0 bridgehead atoms. The molecule has 1 aromatic carbocycles. The lowest BCUT2D eigenvalue weighted by Gasteiger charge is -2.26. The Labute approximate surface area is 138 Å². The van der Waals surface area contributed by atoms with Crippen LogP contribution < -0.4 is 4.74 Å². The van der Waals surface area contributed by atoms with E-state index in [0.29, 0.717) is 0 Å². The Hall–Kier alpha value is -2.38. The third-order valence-electron chi connectivity index (χ3n) is 3.37. The van der Waals surface area contributed by atoms with Crippen molar-refractivity contribution in [2.45, 2.75) is 44.9 Å². The number of nitrogens with zero attached hydrogens (tertiary/aromatic N) is 1. The molecule has 24 heavy (non-hydrogen) atoms. The van der Waals surface area contributed by atoms with Crippen LogP contribution in [-0.4, -0.2) is 46.4 Å². The monoisotopic (exact) mass is 343 g/mol. The second kappa shape index (κ2) is 6.62. The summed E-state index contributed by atoms with van der Waals surface area (Å²) in [6.45, 7) is 4.99. The summed E-state index contributed by atoms with van der Waals surface area (Å²) in [6.07, 6.45) is -1.40. The Kier molecular flexibility index (Phi) is 4.96. The molecule has 1 saturated heterocycles. The first kappa shape index (κ1) is 18.0. The molecule has 1 aliphatic rings. The smallest absolute Gasteiger partial charge is 0.411 e. The minimum absolute atomic E-state index is 0.0214. The maximum absolute atomic E-state index is 13.2. The minimum atomic E-state index is -1.18. The third-order valence-corrected chi connectivity index (χ3v) is 3.37. The van der Waals surface area contributed by atoms with E-state index in [9.17, 15) is 23.5 Å². The Morgan fingerprint density at radius 3 is 2.46 bits per heavy atom. The van der Waals surface area contributed by atoms with Crippen molar-refractivity contribution in [1.29, 1.82) is 0 Å². The van der Waals surface area contributed by atoms with Crippen LogP contribution in [0, 0.1) is 11.6 Å². The first-order valence-electron chi connectivity index (χ1n) is 7.41. The summed E-state index contributed by atoms with van der Waals surface area (Å²) < 4.78 is 36.8. The molecule has 6 nitrogen and oxygen atoms in total. The molecule has 8 heteroatoms. The second-order valence-corrected chi connectivity index (χ2v) is 6.54. The molecule has 0 aromatic heterocycles. The summed E-state index contributed by atoms with van der Waals surface area (Å²) in [7, 11) is 0. The highest BCUT2D eigenvalue weighted by molar-refractivity contribution is 5.81. The van der Waals surface area contributed by atoms with E-state index in [1.54, 1.807) is 20.8 Å². The number of hydrogen-bond acceptors (Lipinski definition) is 4. The molecule has 1 N–H and O–H groups in total. The SMILES string of the molecule is CC(C)(C)OC(=O)N1C[C@@H](Oc2ccc(F)c(F)c2)C[C@H]1C(=O)O. The predicted octanol–water partition coefficient (Wildman–Crippen LogP) is 2.81. The van der Waals surface area contributed by atoms with Crippen LogP contribution in [0.4, 0.5) is 13.6 Å². The van der Waals surface area contributed by atoms with Gasteiger partial charge in [0.2, 0.25) is 0 Å². The quantitative estimate of drug-likeness (QED) is 0.913. The molecule has 1 aliphatic heterocycles. The average Bonchev–Trinajstić information content (AvgIpc) is 2.85. The Bertz CT molecular complexity index is 644. The van der Waals surface area contributed by atoms with Crippen molar-refractivity contribution in [3.8, 4) is 5.75 Å². The number of carboxylic acids is 1. The molecule has 0 saturated carbocycles. The maximum atomic E-state index is 13.2. The van der Waals surface area contributed by atoms with Gasteiger partial charge in [0.05, 0.1) is 6.54 Å². The summed E-state index contributed by atoms with van der Waals surface area (Å²) in [4.78, 5) is 24.6. The molecule has 0 aliphatic carbocycles. The third kappa shape index (κ3) is 4.33. The number of benzene rings is 1. The van der Waals surface area contributed by atoms with Gasteiger partial charge in [-0.15, -0.1) is 0 Å². The van der Waals surface area contributed by atoms with Crippen molar-refractivity contribution in [2.75, 3.05) is 6.54 Å². The summed E-state index contributed by atoms with van der Waals surface area (Å²) in [5.41, 5.74) is -0.765. The van der Waals surface area contributed by atoms with Crippen LogP contribution in [0.15, 0.2) is 18.2 Å². The van der Waals surface area contributed by atoms with Crippen LogP contribution >= 0.6 is 0 Å². The topological polar surface area (TPSA) is 76.1 Å². The summed E-state index contributed by atoms with van der Waals surface area (Å²) in [5.74, 6) is -3.19. The minimum Gasteiger partial charge on any atom is -0.488 e. The normalized spacial score (nSPS) is 20.8. The number of carbonyl (C=O) groups is 2. The van der Waals surface area contributed by atoms with Gasteiger partial charge in [-0.1, -0.05) is 0 Å². The van der Waals surface area contributed by atoms with Gasteiger partial charge < -0.3 is 14.6 Å². The lowest BCUT2D eigenvalue weighted by Crippen LogP contribution is -2.43. The van der Waals surface area contributed by atoms with Crippen LogP contribution in [0.3, 0.4) is 0 Å². The van der Waals surface area contributed by atoms with Crippen LogP contribution in [-0.2, 0) is 9.53 Å². The van der Waals surface area contributed by atoms with Gasteiger partial charge in [0.1, 0.15) is 23.5 Å². The zero-order chi connectivity index (χ0) is 18.1. The molecular weight excluding hydrogens is 324 g/mol. The van der Waals surface area contributed by atoms with Gasteiger partial charge in [-0.05, 0) is 32.9 Å². The van der Waals surface area contributed by atoms with E-state index in [4.69, 9.17) is 9.47 Å². The van der Waals surface area contributed by atoms with Gasteiger partial charge in [-0.2, -0.15) is 0 Å². The molecule has 2 atom stereocenters. The average molecular weight is 343 g/mol. The molecule has 0 spiro atoms. The van der Waals surface area contributed by atoms with Crippen LogP contribution in [0.2, 0.25) is 0 Å². The lowest BCUT2D eigenvalue weighted by atomic mass is 10.2. The molecule has 0 radical (unpaired) electrons. The van der Waals surface area contributed by atoms with Gasteiger partial charge >= 0.3 is 12.1 Å². The summed E-state index contributed by atoms with van der Waals surface area (Å²) >= 11 is 0. The van der Waals surface area contributed by atoms with Gasteiger partial charge in [0, 0.05) is 12.5 Å². The van der Waals surface area contributed by atoms with Crippen molar-refractivity contribution in [3.63, 3.8) is 0 Å². The van der Waals surface area contributed by atoms with Gasteiger partial charge in [-0.25, -0.2) is 18.4 Å². The standard InChI is InChI=1S/C16H19F2NO5/c1-16(2,3)24-15(22)19-8-10(7-13(19)14(20)21)23-9-4-5-11(17)12(18)6-9/h4-6,10,13H,7-8H2,1-3H3,(H,20,21)/t10-,13-/m0/s1. The highest BCUT2D eigenvalue weighted by atomic mass is 19.2. The van der Waals surface area contributed by atoms with Crippen molar-refractivity contribution in [2.24, 2.45) is 0 Å². The van der Waals surface area contributed by atoms with Gasteiger partial charge in [-0.3, -0.25) is 4.90 Å². The number of aliphatic carboxylic acids is 1. The molecule has 1 aromatic rings. The molecule has 1 fully saturated rings. The first-order valence-corrected chi connectivity index (χ1v) is 7.41. The molecular formula is C16H19F2NO5. The molecule has 0 unspecified atom stereocenters. The van der Waals surface area contributed by atoms with Crippen molar-refractivity contribution >= 4 is 12.1 Å². The van der Waals surface area contributed by atoms with Gasteiger partial charge in [0.25, 0.3) is 0 Å². The van der Waals surface area contributed by atoms with E-state index in [2.05, 4.69) is 0 Å². The zero-order valence-electron chi connectivity index (χ0n) is 13.6. The van der Waals surface area contributed by atoms with Crippen LogP contribution in [0.1, 0.15) is 27.2 Å². The number of ether oxygens (including phenoxy) is 2. The van der Waals surface area contributed by atoms with Crippen LogP contribution in [0.5, 0.6) is 5.75 Å². The zero-order valence-corrected chi connectivity index (χ0v) is 13.6. The van der Waals surface area contributed by atoms with Gasteiger partial charge in [0.15, 0.2) is 11.6 Å². The fourth-order valence-corrected chi connectivity index (χ4v) is 2.38. The highest BCUT2D eigenvalue weighted by Gasteiger charge is 2.42. The van der Waals surface area contributed by atoms with Crippen molar-refractivity contribution < 1.29 is 33.0 Å². The number of rotatable bonds is 3. The summed E-state index contributed by atoms with van der Waals surface area (Å²) in [6, 6.07) is 1.93. The largest absolute Gasteiger partial charge is 0.488 e. The number of carbonyl (C=O) groups excluding carboxylic acids is 1. The number of likely N-dealkylation sites (tertiary alicyclic amines) is 1. The summed E-state index contributed by atoms with van der Waals surface area (Å²) in [5, 5.41) is 9.28. The number of hydrogen-bond donors (Lipinski definition) is 1. The molecule has 1 heterocycles. The lowest BCUT2D eigenvalue weighted by molar-refractivity contribution is -0.142. The maximum Gasteiger partial charge on any atom is 0.411 e. The Morgan fingerprint density at radius 1 is 1.25 bits per heavy atom. The molecule has 2 rings (SSSR count). The second-order valence-electron chi connectivity index (χ2n) is 6.54. The molecule has 1 amide bonds. The van der Waals surface area contributed by atoms with E-state index in [1.807, 2.05) is 0 Å². The fraction of sp³-hybridized carbons (Fsp3) is 0.500. The first-order chi connectivity index (χ1) is 11.1. The predicted molar refractivity (Wildman–Crippen MR) is 79.8 cm³/mol.